The van der Waals surface area contributed by atoms with Crippen molar-refractivity contribution in [3.8, 4) is 0 Å². The molecule has 3 rings (SSSR count). The summed E-state index contributed by atoms with van der Waals surface area (Å²) in [5.74, 6) is -1.94. The number of aromatic nitrogens is 2. The van der Waals surface area contributed by atoms with Crippen LogP contribution in [-0.4, -0.2) is 33.3 Å². The van der Waals surface area contributed by atoms with Gasteiger partial charge in [0.15, 0.2) is 5.82 Å². The second-order valence-electron chi connectivity index (χ2n) is 8.02. The quantitative estimate of drug-likeness (QED) is 0.691. The van der Waals surface area contributed by atoms with E-state index in [1.165, 1.54) is 25.4 Å². The predicted octanol–water partition coefficient (Wildman–Crippen LogP) is 3.72. The van der Waals surface area contributed by atoms with Crippen LogP contribution in [0.5, 0.6) is 0 Å². The lowest BCUT2D eigenvalue weighted by Crippen LogP contribution is -2.49. The van der Waals surface area contributed by atoms with Crippen molar-refractivity contribution in [1.82, 2.24) is 14.9 Å². The van der Waals surface area contributed by atoms with Crippen LogP contribution in [0.25, 0.3) is 0 Å². The summed E-state index contributed by atoms with van der Waals surface area (Å²) in [4.78, 5) is 16.1. The Hall–Kier alpha value is -2.42. The van der Waals surface area contributed by atoms with Crippen LogP contribution in [0, 0.1) is 5.82 Å². The number of rotatable bonds is 6. The summed E-state index contributed by atoms with van der Waals surface area (Å²) in [6.07, 6.45) is 0.461. The maximum atomic E-state index is 13.7. The highest BCUT2D eigenvalue weighted by molar-refractivity contribution is 5.77. The number of imidazole rings is 1. The topological polar surface area (TPSA) is 67.1 Å². The van der Waals surface area contributed by atoms with Gasteiger partial charge in [-0.05, 0) is 30.5 Å². The molecule has 5 nitrogen and oxygen atoms in total. The van der Waals surface area contributed by atoms with Crippen molar-refractivity contribution >= 4 is 5.91 Å². The summed E-state index contributed by atoms with van der Waals surface area (Å²) in [6, 6.07) is 6.01. The monoisotopic (exact) mass is 427 g/mol. The fourth-order valence-electron chi connectivity index (χ4n) is 4.23. The van der Waals surface area contributed by atoms with Gasteiger partial charge >= 0.3 is 6.18 Å². The molecule has 1 aromatic carbocycles. The van der Waals surface area contributed by atoms with Crippen molar-refractivity contribution in [1.29, 1.82) is 0 Å². The van der Waals surface area contributed by atoms with Gasteiger partial charge in [-0.1, -0.05) is 31.4 Å². The second-order valence-corrected chi connectivity index (χ2v) is 8.02. The van der Waals surface area contributed by atoms with Crippen molar-refractivity contribution in [2.24, 2.45) is 7.05 Å². The molecule has 1 aliphatic carbocycles. The minimum atomic E-state index is -5.08. The Morgan fingerprint density at radius 2 is 1.83 bits per heavy atom. The first kappa shape index (κ1) is 22.3. The lowest BCUT2D eigenvalue weighted by atomic mass is 9.69. The maximum Gasteiger partial charge on any atom is 0.425 e. The van der Waals surface area contributed by atoms with Gasteiger partial charge < -0.3 is 15.0 Å². The molecule has 1 heterocycles. The molecular weight excluding hydrogens is 402 g/mol. The average Bonchev–Trinajstić information content (AvgIpc) is 3.13. The summed E-state index contributed by atoms with van der Waals surface area (Å²) in [5.41, 5.74) is -3.02. The first-order valence-electron chi connectivity index (χ1n) is 9.87. The maximum absolute atomic E-state index is 13.7. The van der Waals surface area contributed by atoms with Gasteiger partial charge in [-0.25, -0.2) is 9.37 Å². The fourth-order valence-corrected chi connectivity index (χ4v) is 4.23. The highest BCUT2D eigenvalue weighted by Crippen LogP contribution is 2.42. The Labute approximate surface area is 172 Å². The number of amides is 1. The lowest BCUT2D eigenvalue weighted by molar-refractivity contribution is -0.271. The molecule has 1 saturated carbocycles. The van der Waals surface area contributed by atoms with E-state index in [0.717, 1.165) is 48.4 Å². The summed E-state index contributed by atoms with van der Waals surface area (Å²) in [7, 11) is 1.32. The molecule has 2 aromatic rings. The van der Waals surface area contributed by atoms with Crippen molar-refractivity contribution in [3.05, 3.63) is 53.9 Å². The molecule has 0 bridgehead atoms. The molecule has 0 aliphatic heterocycles. The number of hydrogen-bond donors (Lipinski definition) is 2. The summed E-state index contributed by atoms with van der Waals surface area (Å²) in [6.45, 7) is 0.117. The minimum absolute atomic E-state index is 0.117. The van der Waals surface area contributed by atoms with Gasteiger partial charge in [0.2, 0.25) is 11.5 Å². The van der Waals surface area contributed by atoms with Gasteiger partial charge in [0.25, 0.3) is 0 Å². The molecule has 1 aromatic heterocycles. The third kappa shape index (κ3) is 4.35. The zero-order valence-electron chi connectivity index (χ0n) is 16.7. The zero-order valence-corrected chi connectivity index (χ0v) is 16.7. The minimum Gasteiger partial charge on any atom is -0.374 e. The van der Waals surface area contributed by atoms with Crippen LogP contribution in [-0.2, 0) is 22.9 Å². The molecule has 1 amide bonds. The van der Waals surface area contributed by atoms with E-state index in [9.17, 15) is 27.5 Å². The van der Waals surface area contributed by atoms with Crippen LogP contribution in [0.3, 0.4) is 0 Å². The molecular formula is C21H25F4N3O2. The third-order valence-electron chi connectivity index (χ3n) is 5.97. The van der Waals surface area contributed by atoms with E-state index in [1.54, 1.807) is 12.1 Å². The van der Waals surface area contributed by atoms with Crippen molar-refractivity contribution < 1.29 is 27.5 Å². The Balaban J connectivity index is 1.78. The summed E-state index contributed by atoms with van der Waals surface area (Å²) < 4.78 is 55.4. The first-order valence-corrected chi connectivity index (χ1v) is 9.87. The summed E-state index contributed by atoms with van der Waals surface area (Å²) in [5, 5.41) is 13.0. The van der Waals surface area contributed by atoms with Crippen molar-refractivity contribution in [2.45, 2.75) is 55.7 Å². The van der Waals surface area contributed by atoms with Crippen LogP contribution in [0.4, 0.5) is 17.6 Å². The number of alkyl halides is 3. The number of halogens is 4. The van der Waals surface area contributed by atoms with Crippen LogP contribution < -0.4 is 5.32 Å². The lowest BCUT2D eigenvalue weighted by Gasteiger charge is -2.38. The number of nitrogens with zero attached hydrogens (tertiary/aromatic N) is 2. The van der Waals surface area contributed by atoms with Crippen molar-refractivity contribution in [3.63, 3.8) is 0 Å². The predicted molar refractivity (Wildman–Crippen MR) is 102 cm³/mol. The van der Waals surface area contributed by atoms with E-state index in [1.807, 2.05) is 0 Å². The van der Waals surface area contributed by atoms with E-state index < -0.39 is 35.3 Å². The molecule has 1 unspecified atom stereocenters. The molecule has 1 atom stereocenters. The SMILES string of the molecule is Cn1ccnc1C(O)(CC(=O)NCC1(c2ccc(F)cc2)CCCCC1)C(F)(F)F. The normalized spacial score (nSPS) is 18.6. The molecule has 30 heavy (non-hydrogen) atoms. The van der Waals surface area contributed by atoms with E-state index in [0.29, 0.717) is 0 Å². The Morgan fingerprint density at radius 1 is 1.20 bits per heavy atom. The Kier molecular flexibility index (Phi) is 6.21. The average molecular weight is 427 g/mol. The highest BCUT2D eigenvalue weighted by atomic mass is 19.4. The molecule has 0 radical (unpaired) electrons. The number of aliphatic hydroxyl groups is 1. The molecule has 1 fully saturated rings. The molecule has 9 heteroatoms. The number of carbonyl (C=O) groups excluding carboxylic acids is 1. The highest BCUT2D eigenvalue weighted by Gasteiger charge is 2.58. The molecule has 0 saturated heterocycles. The number of benzene rings is 1. The molecule has 0 spiro atoms. The third-order valence-corrected chi connectivity index (χ3v) is 5.97. The standard InChI is InChI=1S/C21H25F4N3O2/c1-28-12-11-26-18(28)20(30,21(23,24)25)13-17(29)27-14-19(9-3-2-4-10-19)15-5-7-16(22)8-6-15/h5-8,11-12,30H,2-4,9-10,13-14H2,1H3,(H,27,29). The number of nitrogens with one attached hydrogen (secondary N) is 1. The Morgan fingerprint density at radius 3 is 2.37 bits per heavy atom. The fraction of sp³-hybridized carbons (Fsp3) is 0.524. The van der Waals surface area contributed by atoms with E-state index in [2.05, 4.69) is 10.3 Å². The number of aryl methyl sites for hydroxylation is 1. The van der Waals surface area contributed by atoms with Crippen LogP contribution in [0.2, 0.25) is 0 Å². The summed E-state index contributed by atoms with van der Waals surface area (Å²) >= 11 is 0. The van der Waals surface area contributed by atoms with Gasteiger partial charge in [0, 0.05) is 31.4 Å². The van der Waals surface area contributed by atoms with Crippen LogP contribution in [0.15, 0.2) is 36.7 Å². The van der Waals surface area contributed by atoms with Crippen LogP contribution in [0.1, 0.15) is 49.9 Å². The largest absolute Gasteiger partial charge is 0.425 e. The first-order chi connectivity index (χ1) is 14.1. The zero-order chi connectivity index (χ0) is 22.0. The van der Waals surface area contributed by atoms with Gasteiger partial charge in [0.1, 0.15) is 5.82 Å². The van der Waals surface area contributed by atoms with Gasteiger partial charge in [0.05, 0.1) is 6.42 Å². The van der Waals surface area contributed by atoms with Crippen LogP contribution >= 0.6 is 0 Å². The molecule has 164 valence electrons. The van der Waals surface area contributed by atoms with Gasteiger partial charge in [-0.15, -0.1) is 0 Å². The Bertz CT molecular complexity index is 873. The van der Waals surface area contributed by atoms with Gasteiger partial charge in [-0.2, -0.15) is 13.2 Å². The smallest absolute Gasteiger partial charge is 0.374 e. The van der Waals surface area contributed by atoms with E-state index >= 15 is 0 Å². The van der Waals surface area contributed by atoms with Crippen molar-refractivity contribution in [2.75, 3.05) is 6.54 Å². The molecule has 1 aliphatic rings. The number of carbonyl (C=O) groups is 1. The number of hydrogen-bond acceptors (Lipinski definition) is 3. The van der Waals surface area contributed by atoms with E-state index in [4.69, 9.17) is 0 Å². The van der Waals surface area contributed by atoms with E-state index in [-0.39, 0.29) is 12.4 Å². The molecule has 2 N–H and O–H groups in total. The van der Waals surface area contributed by atoms with Gasteiger partial charge in [-0.3, -0.25) is 4.79 Å². The second kappa shape index (κ2) is 8.37.